The summed E-state index contributed by atoms with van der Waals surface area (Å²) in [6, 6.07) is 17.4. The molecule has 3 aromatic rings. The van der Waals surface area contributed by atoms with Crippen LogP contribution in [0.25, 0.3) is 10.9 Å². The van der Waals surface area contributed by atoms with E-state index in [0.717, 1.165) is 29.6 Å². The minimum Gasteiger partial charge on any atom is -0.385 e. The van der Waals surface area contributed by atoms with Crippen LogP contribution < -0.4 is 10.6 Å². The zero-order valence-electron chi connectivity index (χ0n) is 15.9. The van der Waals surface area contributed by atoms with Crippen LogP contribution in [0.15, 0.2) is 60.8 Å². The van der Waals surface area contributed by atoms with Gasteiger partial charge < -0.3 is 10.6 Å². The Bertz CT molecular complexity index is 891. The lowest BCUT2D eigenvalue weighted by atomic mass is 10.1. The second-order valence-corrected chi connectivity index (χ2v) is 6.79. The fraction of sp³-hybridized carbons (Fsp3) is 0.304. The monoisotopic (exact) mass is 361 g/mol. The van der Waals surface area contributed by atoms with Crippen molar-refractivity contribution in [3.63, 3.8) is 0 Å². The number of unbranched alkanes of at least 4 members (excludes halogenated alkanes) is 4. The Morgan fingerprint density at radius 3 is 2.67 bits per heavy atom. The number of carbonyl (C=O) groups excluding carboxylic acids is 1. The first kappa shape index (κ1) is 18.9. The summed E-state index contributed by atoms with van der Waals surface area (Å²) < 4.78 is 0. The Labute approximate surface area is 161 Å². The van der Waals surface area contributed by atoms with Crippen LogP contribution in [-0.4, -0.2) is 17.4 Å². The number of para-hydroxylation sites is 1. The van der Waals surface area contributed by atoms with Gasteiger partial charge in [0.05, 0.1) is 17.4 Å². The number of pyridine rings is 1. The molecule has 1 heterocycles. The van der Waals surface area contributed by atoms with Crippen LogP contribution in [0, 0.1) is 0 Å². The summed E-state index contributed by atoms with van der Waals surface area (Å²) in [5.41, 5.74) is 3.24. The van der Waals surface area contributed by atoms with Crippen molar-refractivity contribution < 1.29 is 4.79 Å². The van der Waals surface area contributed by atoms with Gasteiger partial charge in [0.1, 0.15) is 0 Å². The first-order valence-corrected chi connectivity index (χ1v) is 9.76. The molecule has 27 heavy (non-hydrogen) atoms. The molecule has 0 radical (unpaired) electrons. The van der Waals surface area contributed by atoms with Crippen LogP contribution in [-0.2, 0) is 0 Å². The van der Waals surface area contributed by atoms with E-state index in [0.29, 0.717) is 11.3 Å². The second-order valence-electron chi connectivity index (χ2n) is 6.79. The zero-order chi connectivity index (χ0) is 18.9. The quantitative estimate of drug-likeness (QED) is 0.469. The molecule has 4 heteroatoms. The lowest BCUT2D eigenvalue weighted by Crippen LogP contribution is -2.12. The van der Waals surface area contributed by atoms with Gasteiger partial charge in [0, 0.05) is 23.2 Å². The van der Waals surface area contributed by atoms with E-state index in [-0.39, 0.29) is 5.91 Å². The molecule has 0 saturated heterocycles. The van der Waals surface area contributed by atoms with Crippen LogP contribution in [0.2, 0.25) is 0 Å². The molecule has 2 N–H and O–H groups in total. The van der Waals surface area contributed by atoms with Gasteiger partial charge in [-0.2, -0.15) is 0 Å². The third-order valence-electron chi connectivity index (χ3n) is 4.58. The van der Waals surface area contributed by atoms with Gasteiger partial charge in [0.25, 0.3) is 5.91 Å². The number of fused-ring (bicyclic) bond motifs is 1. The van der Waals surface area contributed by atoms with E-state index < -0.39 is 0 Å². The molecule has 3 rings (SSSR count). The topological polar surface area (TPSA) is 54.0 Å². The Balaban J connectivity index is 1.57. The number of nitrogens with one attached hydrogen (secondary N) is 2. The minimum absolute atomic E-state index is 0.126. The summed E-state index contributed by atoms with van der Waals surface area (Å²) in [5.74, 6) is -0.126. The normalized spacial score (nSPS) is 10.7. The van der Waals surface area contributed by atoms with Gasteiger partial charge in [-0.15, -0.1) is 0 Å². The molecular formula is C23H27N3O. The van der Waals surface area contributed by atoms with Crippen molar-refractivity contribution in [1.82, 2.24) is 4.98 Å². The van der Waals surface area contributed by atoms with Gasteiger partial charge in [-0.3, -0.25) is 9.78 Å². The van der Waals surface area contributed by atoms with Crippen molar-refractivity contribution in [3.8, 4) is 0 Å². The van der Waals surface area contributed by atoms with Crippen molar-refractivity contribution in [2.45, 2.75) is 39.0 Å². The highest BCUT2D eigenvalue weighted by molar-refractivity contribution is 6.05. The summed E-state index contributed by atoms with van der Waals surface area (Å²) in [6.07, 6.45) is 7.95. The molecular weight excluding hydrogens is 334 g/mol. The molecule has 1 aromatic heterocycles. The van der Waals surface area contributed by atoms with E-state index in [4.69, 9.17) is 0 Å². The highest BCUT2D eigenvalue weighted by atomic mass is 16.1. The van der Waals surface area contributed by atoms with Crippen molar-refractivity contribution in [2.24, 2.45) is 0 Å². The maximum absolute atomic E-state index is 12.6. The lowest BCUT2D eigenvalue weighted by Gasteiger charge is -2.09. The number of amides is 1. The summed E-state index contributed by atoms with van der Waals surface area (Å²) in [6.45, 7) is 3.16. The van der Waals surface area contributed by atoms with Gasteiger partial charge in [0.15, 0.2) is 0 Å². The molecule has 0 saturated carbocycles. The minimum atomic E-state index is -0.126. The van der Waals surface area contributed by atoms with Crippen LogP contribution in [0.5, 0.6) is 0 Å². The number of hydrogen-bond donors (Lipinski definition) is 2. The maximum atomic E-state index is 12.6. The Kier molecular flexibility index (Phi) is 6.80. The Morgan fingerprint density at radius 2 is 1.78 bits per heavy atom. The van der Waals surface area contributed by atoms with E-state index >= 15 is 0 Å². The van der Waals surface area contributed by atoms with Gasteiger partial charge in [-0.1, -0.05) is 56.9 Å². The fourth-order valence-electron chi connectivity index (χ4n) is 3.07. The average molecular weight is 361 g/mol. The number of aromatic nitrogens is 1. The zero-order valence-corrected chi connectivity index (χ0v) is 15.9. The predicted molar refractivity (Wildman–Crippen MR) is 113 cm³/mol. The number of carbonyl (C=O) groups is 1. The van der Waals surface area contributed by atoms with Gasteiger partial charge in [-0.25, -0.2) is 0 Å². The van der Waals surface area contributed by atoms with Crippen LogP contribution in [0.3, 0.4) is 0 Å². The molecule has 140 valence electrons. The van der Waals surface area contributed by atoms with Crippen LogP contribution >= 0.6 is 0 Å². The Hall–Kier alpha value is -2.88. The fourth-order valence-corrected chi connectivity index (χ4v) is 3.07. The first-order chi connectivity index (χ1) is 13.3. The van der Waals surface area contributed by atoms with Crippen molar-refractivity contribution in [1.29, 1.82) is 0 Å². The summed E-state index contributed by atoms with van der Waals surface area (Å²) >= 11 is 0. The van der Waals surface area contributed by atoms with Crippen molar-refractivity contribution >= 4 is 28.2 Å². The third kappa shape index (κ3) is 5.55. The lowest BCUT2D eigenvalue weighted by molar-refractivity contribution is 0.102. The summed E-state index contributed by atoms with van der Waals surface area (Å²) in [4.78, 5) is 17.0. The van der Waals surface area contributed by atoms with E-state index in [2.05, 4.69) is 22.5 Å². The predicted octanol–water partition coefficient (Wildman–Crippen LogP) is 5.87. The largest absolute Gasteiger partial charge is 0.385 e. The summed E-state index contributed by atoms with van der Waals surface area (Å²) in [7, 11) is 0. The molecule has 0 aliphatic carbocycles. The molecule has 4 nitrogen and oxygen atoms in total. The summed E-state index contributed by atoms with van der Waals surface area (Å²) in [5, 5.41) is 7.36. The van der Waals surface area contributed by atoms with Gasteiger partial charge in [-0.05, 0) is 36.8 Å². The van der Waals surface area contributed by atoms with Crippen LogP contribution in [0.4, 0.5) is 11.4 Å². The number of nitrogens with zero attached hydrogens (tertiary/aromatic N) is 1. The van der Waals surface area contributed by atoms with Gasteiger partial charge >= 0.3 is 0 Å². The van der Waals surface area contributed by atoms with E-state index in [9.17, 15) is 4.79 Å². The highest BCUT2D eigenvalue weighted by Gasteiger charge is 2.08. The molecule has 0 aliphatic heterocycles. The Morgan fingerprint density at radius 1 is 0.926 bits per heavy atom. The standard InChI is InChI=1S/C23H27N3O/c1-2-3-4-5-8-14-24-20-12-9-11-19(16-20)23(27)26-21-15-18-10-6-7-13-22(18)25-17-21/h6-7,9-13,15-17,24H,2-5,8,14H2,1H3,(H,26,27). The number of rotatable bonds is 9. The molecule has 0 fully saturated rings. The number of anilines is 2. The second kappa shape index (κ2) is 9.72. The van der Waals surface area contributed by atoms with E-state index in [1.165, 1.54) is 25.7 Å². The molecule has 0 atom stereocenters. The highest BCUT2D eigenvalue weighted by Crippen LogP contribution is 2.18. The first-order valence-electron chi connectivity index (χ1n) is 9.76. The molecule has 1 amide bonds. The molecule has 2 aromatic carbocycles. The SMILES string of the molecule is CCCCCCCNc1cccc(C(=O)Nc2cnc3ccccc3c2)c1. The van der Waals surface area contributed by atoms with Gasteiger partial charge in [0.2, 0.25) is 0 Å². The van der Waals surface area contributed by atoms with Crippen molar-refractivity contribution in [2.75, 3.05) is 17.2 Å². The maximum Gasteiger partial charge on any atom is 0.255 e. The number of benzene rings is 2. The molecule has 0 bridgehead atoms. The van der Waals surface area contributed by atoms with Crippen molar-refractivity contribution in [3.05, 3.63) is 66.4 Å². The van der Waals surface area contributed by atoms with E-state index in [1.807, 2.05) is 54.6 Å². The third-order valence-corrected chi connectivity index (χ3v) is 4.58. The molecule has 0 spiro atoms. The number of hydrogen-bond acceptors (Lipinski definition) is 3. The molecule has 0 unspecified atom stereocenters. The molecule has 0 aliphatic rings. The average Bonchev–Trinajstić information content (AvgIpc) is 2.71. The van der Waals surface area contributed by atoms with E-state index in [1.54, 1.807) is 6.20 Å². The van der Waals surface area contributed by atoms with Crippen LogP contribution in [0.1, 0.15) is 49.4 Å². The smallest absolute Gasteiger partial charge is 0.255 e.